The van der Waals surface area contributed by atoms with Crippen LogP contribution in [0.4, 0.5) is 0 Å². The summed E-state index contributed by atoms with van der Waals surface area (Å²) in [7, 11) is 1.56. The molecule has 0 bridgehead atoms. The molecule has 2 aromatic rings. The van der Waals surface area contributed by atoms with Crippen molar-refractivity contribution >= 4 is 17.4 Å². The summed E-state index contributed by atoms with van der Waals surface area (Å²) in [4.78, 5) is 27.7. The first-order valence-electron chi connectivity index (χ1n) is 11.3. The number of Topliss-reactive ketones (excluding diaryl/α,β-unsaturated/α-hetero) is 1. The van der Waals surface area contributed by atoms with Gasteiger partial charge in [-0.05, 0) is 61.2 Å². The number of ether oxygens (including phenoxy) is 3. The first kappa shape index (κ1) is 22.9. The molecule has 0 spiro atoms. The lowest BCUT2D eigenvalue weighted by atomic mass is 9.95. The summed E-state index contributed by atoms with van der Waals surface area (Å²) >= 11 is 0. The monoisotopic (exact) mass is 451 g/mol. The highest BCUT2D eigenvalue weighted by Crippen LogP contribution is 2.41. The molecule has 174 valence electrons. The zero-order valence-corrected chi connectivity index (χ0v) is 19.0. The minimum Gasteiger partial charge on any atom is -0.507 e. The standard InChI is InChI=1S/C26H29NO6/c1-3-13-32-19-11-9-17(10-12-19)24(28)22-23(18-6-4-7-20(15-18)31-2)27(26(30)25(22)29)16-21-8-5-14-33-21/h4,6-7,9-12,15,21,23,28H,3,5,8,13-14,16H2,1-2H3/b24-22-. The quantitative estimate of drug-likeness (QED) is 0.370. The summed E-state index contributed by atoms with van der Waals surface area (Å²) in [5.41, 5.74) is 1.20. The Hall–Kier alpha value is -3.32. The van der Waals surface area contributed by atoms with Crippen molar-refractivity contribution in [2.45, 2.75) is 38.3 Å². The van der Waals surface area contributed by atoms with Gasteiger partial charge in [0.2, 0.25) is 0 Å². The molecule has 0 aromatic heterocycles. The van der Waals surface area contributed by atoms with Crippen molar-refractivity contribution in [2.75, 3.05) is 26.9 Å². The average molecular weight is 452 g/mol. The lowest BCUT2D eigenvalue weighted by Gasteiger charge is -2.27. The molecular formula is C26H29NO6. The third kappa shape index (κ3) is 4.73. The Morgan fingerprint density at radius 1 is 1.15 bits per heavy atom. The number of carbonyl (C=O) groups is 2. The lowest BCUT2D eigenvalue weighted by Crippen LogP contribution is -2.36. The largest absolute Gasteiger partial charge is 0.507 e. The van der Waals surface area contributed by atoms with Crippen molar-refractivity contribution in [1.29, 1.82) is 0 Å². The Balaban J connectivity index is 1.76. The highest BCUT2D eigenvalue weighted by molar-refractivity contribution is 6.46. The molecule has 7 nitrogen and oxygen atoms in total. The summed E-state index contributed by atoms with van der Waals surface area (Å²) in [6.07, 6.45) is 2.50. The lowest BCUT2D eigenvalue weighted by molar-refractivity contribution is -0.140. The number of aliphatic hydroxyl groups is 1. The highest BCUT2D eigenvalue weighted by Gasteiger charge is 2.47. The number of hydrogen-bond donors (Lipinski definition) is 1. The van der Waals surface area contributed by atoms with Crippen molar-refractivity contribution in [3.05, 3.63) is 65.2 Å². The summed E-state index contributed by atoms with van der Waals surface area (Å²) in [5, 5.41) is 11.2. The zero-order chi connectivity index (χ0) is 23.4. The van der Waals surface area contributed by atoms with E-state index < -0.39 is 17.7 Å². The van der Waals surface area contributed by atoms with Gasteiger partial charge in [0.05, 0.1) is 31.4 Å². The fourth-order valence-electron chi connectivity index (χ4n) is 4.32. The predicted octanol–water partition coefficient (Wildman–Crippen LogP) is 4.08. The second kappa shape index (κ2) is 10.1. The number of nitrogens with zero attached hydrogens (tertiary/aromatic N) is 1. The van der Waals surface area contributed by atoms with Gasteiger partial charge in [0.15, 0.2) is 0 Å². The fourth-order valence-corrected chi connectivity index (χ4v) is 4.32. The second-order valence-electron chi connectivity index (χ2n) is 8.24. The normalized spacial score (nSPS) is 22.1. The minimum absolute atomic E-state index is 0.0634. The van der Waals surface area contributed by atoms with Crippen LogP contribution < -0.4 is 9.47 Å². The Kier molecular flexibility index (Phi) is 6.99. The maximum absolute atomic E-state index is 13.1. The van der Waals surface area contributed by atoms with E-state index in [0.29, 0.717) is 35.8 Å². The van der Waals surface area contributed by atoms with Gasteiger partial charge in [-0.2, -0.15) is 0 Å². The maximum atomic E-state index is 13.1. The van der Waals surface area contributed by atoms with Crippen molar-refractivity contribution < 1.29 is 28.9 Å². The van der Waals surface area contributed by atoms with E-state index in [4.69, 9.17) is 14.2 Å². The van der Waals surface area contributed by atoms with E-state index in [-0.39, 0.29) is 24.0 Å². The number of hydrogen-bond acceptors (Lipinski definition) is 6. The topological polar surface area (TPSA) is 85.3 Å². The molecular weight excluding hydrogens is 422 g/mol. The highest BCUT2D eigenvalue weighted by atomic mass is 16.5. The van der Waals surface area contributed by atoms with Crippen LogP contribution in [0.1, 0.15) is 43.4 Å². The molecule has 2 aromatic carbocycles. The summed E-state index contributed by atoms with van der Waals surface area (Å²) in [5.74, 6) is -0.269. The van der Waals surface area contributed by atoms with Crippen LogP contribution in [-0.4, -0.2) is 54.7 Å². The first-order valence-corrected chi connectivity index (χ1v) is 11.3. The molecule has 2 heterocycles. The van der Waals surface area contributed by atoms with E-state index in [2.05, 4.69) is 0 Å². The van der Waals surface area contributed by atoms with Gasteiger partial charge in [0.25, 0.3) is 11.7 Å². The zero-order valence-electron chi connectivity index (χ0n) is 19.0. The van der Waals surface area contributed by atoms with Gasteiger partial charge in [-0.15, -0.1) is 0 Å². The molecule has 33 heavy (non-hydrogen) atoms. The van der Waals surface area contributed by atoms with Crippen molar-refractivity contribution in [2.24, 2.45) is 0 Å². The maximum Gasteiger partial charge on any atom is 0.295 e. The van der Waals surface area contributed by atoms with Gasteiger partial charge in [-0.3, -0.25) is 9.59 Å². The van der Waals surface area contributed by atoms with E-state index in [1.165, 1.54) is 4.90 Å². The van der Waals surface area contributed by atoms with Crippen LogP contribution in [0, 0.1) is 0 Å². The Labute approximate surface area is 193 Å². The van der Waals surface area contributed by atoms with Crippen LogP contribution in [0.2, 0.25) is 0 Å². The second-order valence-corrected chi connectivity index (χ2v) is 8.24. The molecule has 7 heteroatoms. The van der Waals surface area contributed by atoms with Crippen LogP contribution in [0.15, 0.2) is 54.1 Å². The van der Waals surface area contributed by atoms with Gasteiger partial charge in [-0.1, -0.05) is 19.1 Å². The van der Waals surface area contributed by atoms with Crippen molar-refractivity contribution in [1.82, 2.24) is 4.90 Å². The molecule has 0 aliphatic carbocycles. The molecule has 2 aliphatic heterocycles. The van der Waals surface area contributed by atoms with E-state index in [1.54, 1.807) is 49.6 Å². The first-order chi connectivity index (χ1) is 16.0. The van der Waals surface area contributed by atoms with Crippen LogP contribution in [-0.2, 0) is 14.3 Å². The van der Waals surface area contributed by atoms with Crippen LogP contribution in [0.5, 0.6) is 11.5 Å². The number of carbonyl (C=O) groups excluding carboxylic acids is 2. The van der Waals surface area contributed by atoms with Gasteiger partial charge in [0.1, 0.15) is 17.3 Å². The fraction of sp³-hybridized carbons (Fsp3) is 0.385. The van der Waals surface area contributed by atoms with Gasteiger partial charge < -0.3 is 24.2 Å². The van der Waals surface area contributed by atoms with Crippen LogP contribution in [0.25, 0.3) is 5.76 Å². The number of aliphatic hydroxyl groups excluding tert-OH is 1. The number of likely N-dealkylation sites (tertiary alicyclic amines) is 1. The van der Waals surface area contributed by atoms with E-state index in [1.807, 2.05) is 13.0 Å². The summed E-state index contributed by atoms with van der Waals surface area (Å²) < 4.78 is 16.7. The molecule has 1 amide bonds. The molecule has 1 N–H and O–H groups in total. The molecule has 2 atom stereocenters. The smallest absolute Gasteiger partial charge is 0.295 e. The number of amides is 1. The van der Waals surface area contributed by atoms with Crippen molar-refractivity contribution in [3.8, 4) is 11.5 Å². The average Bonchev–Trinajstić information content (AvgIpc) is 3.45. The molecule has 0 radical (unpaired) electrons. The Morgan fingerprint density at radius 2 is 1.94 bits per heavy atom. The molecule has 2 saturated heterocycles. The van der Waals surface area contributed by atoms with Gasteiger partial charge in [-0.25, -0.2) is 0 Å². The van der Waals surface area contributed by atoms with Crippen LogP contribution in [0.3, 0.4) is 0 Å². The number of ketones is 1. The van der Waals surface area contributed by atoms with Gasteiger partial charge >= 0.3 is 0 Å². The Bertz CT molecular complexity index is 1040. The molecule has 2 unspecified atom stereocenters. The third-order valence-electron chi connectivity index (χ3n) is 5.97. The molecule has 2 fully saturated rings. The van der Waals surface area contributed by atoms with E-state index >= 15 is 0 Å². The number of benzene rings is 2. The summed E-state index contributed by atoms with van der Waals surface area (Å²) in [6.45, 7) is 3.54. The van der Waals surface area contributed by atoms with E-state index in [9.17, 15) is 14.7 Å². The number of methoxy groups -OCH3 is 1. The Morgan fingerprint density at radius 3 is 2.61 bits per heavy atom. The minimum atomic E-state index is -0.736. The third-order valence-corrected chi connectivity index (χ3v) is 5.97. The van der Waals surface area contributed by atoms with E-state index in [0.717, 1.165) is 19.3 Å². The number of rotatable bonds is 8. The molecule has 2 aliphatic rings. The molecule has 4 rings (SSSR count). The van der Waals surface area contributed by atoms with Crippen LogP contribution >= 0.6 is 0 Å². The van der Waals surface area contributed by atoms with Gasteiger partial charge in [0, 0.05) is 18.7 Å². The SMILES string of the molecule is CCCOc1ccc(/C(O)=C2/C(=O)C(=O)N(CC3CCCO3)C2c2cccc(OC)c2)cc1. The summed E-state index contributed by atoms with van der Waals surface area (Å²) in [6, 6.07) is 13.4. The predicted molar refractivity (Wildman–Crippen MR) is 123 cm³/mol. The molecule has 0 saturated carbocycles. The van der Waals surface area contributed by atoms with Crippen molar-refractivity contribution in [3.63, 3.8) is 0 Å².